The fourth-order valence-corrected chi connectivity index (χ4v) is 2.20. The Balaban J connectivity index is 2.06. The number of nitrogens with one attached hydrogen (secondary N) is 1. The van der Waals surface area contributed by atoms with E-state index < -0.39 is 5.82 Å². The molecule has 0 saturated carbocycles. The van der Waals surface area contributed by atoms with Gasteiger partial charge in [0.25, 0.3) is 0 Å². The first-order valence-electron chi connectivity index (χ1n) is 6.85. The van der Waals surface area contributed by atoms with Gasteiger partial charge < -0.3 is 15.2 Å². The monoisotopic (exact) mass is 346 g/mol. The number of aromatic nitrogens is 3. The molecular formula is C16H12ClFN4O2. The third kappa shape index (κ3) is 3.21. The van der Waals surface area contributed by atoms with Gasteiger partial charge in [-0.15, -0.1) is 0 Å². The first-order valence-corrected chi connectivity index (χ1v) is 7.22. The Labute approximate surface area is 141 Å². The summed E-state index contributed by atoms with van der Waals surface area (Å²) in [6.07, 6.45) is 4.20. The molecule has 0 radical (unpaired) electrons. The molecule has 0 amide bonds. The van der Waals surface area contributed by atoms with Crippen LogP contribution >= 0.6 is 11.6 Å². The van der Waals surface area contributed by atoms with Gasteiger partial charge in [0.15, 0.2) is 23.1 Å². The van der Waals surface area contributed by atoms with Crippen LogP contribution in [-0.2, 0) is 0 Å². The van der Waals surface area contributed by atoms with E-state index in [9.17, 15) is 9.50 Å². The summed E-state index contributed by atoms with van der Waals surface area (Å²) in [5.74, 6) is 0.170. The molecule has 3 aromatic rings. The molecule has 0 fully saturated rings. The lowest BCUT2D eigenvalue weighted by Gasteiger charge is -2.12. The van der Waals surface area contributed by atoms with Crippen molar-refractivity contribution < 1.29 is 14.2 Å². The number of halogens is 2. The highest BCUT2D eigenvalue weighted by molar-refractivity contribution is 6.30. The van der Waals surface area contributed by atoms with Crippen LogP contribution in [0.2, 0.25) is 5.02 Å². The van der Waals surface area contributed by atoms with Gasteiger partial charge in [-0.25, -0.2) is 14.4 Å². The van der Waals surface area contributed by atoms with Gasteiger partial charge in [-0.3, -0.25) is 4.98 Å². The van der Waals surface area contributed by atoms with E-state index in [2.05, 4.69) is 20.3 Å². The summed E-state index contributed by atoms with van der Waals surface area (Å²) < 4.78 is 19.2. The average molecular weight is 347 g/mol. The van der Waals surface area contributed by atoms with Crippen LogP contribution in [0.5, 0.6) is 11.5 Å². The molecule has 2 N–H and O–H groups in total. The van der Waals surface area contributed by atoms with E-state index in [4.69, 9.17) is 16.3 Å². The van der Waals surface area contributed by atoms with Crippen LogP contribution in [0.15, 0.2) is 42.9 Å². The van der Waals surface area contributed by atoms with Gasteiger partial charge in [-0.1, -0.05) is 11.6 Å². The Bertz CT molecular complexity index is 892. The van der Waals surface area contributed by atoms with Crippen molar-refractivity contribution in [3.8, 4) is 22.9 Å². The van der Waals surface area contributed by atoms with Crippen LogP contribution in [0.4, 0.5) is 15.9 Å². The SMILES string of the molecule is COc1cnc(-c2cc(Cl)ccc2F)nc1Nc1ccncc1O. The normalized spacial score (nSPS) is 10.5. The van der Waals surface area contributed by atoms with Crippen molar-refractivity contribution in [1.29, 1.82) is 0 Å². The highest BCUT2D eigenvalue weighted by atomic mass is 35.5. The van der Waals surface area contributed by atoms with Crippen LogP contribution in [0.1, 0.15) is 0 Å². The third-order valence-electron chi connectivity index (χ3n) is 3.20. The molecule has 0 bridgehead atoms. The number of ether oxygens (including phenoxy) is 1. The topological polar surface area (TPSA) is 80.2 Å². The number of aromatic hydroxyl groups is 1. The van der Waals surface area contributed by atoms with Crippen molar-refractivity contribution in [2.45, 2.75) is 0 Å². The van der Waals surface area contributed by atoms with Crippen molar-refractivity contribution in [2.75, 3.05) is 12.4 Å². The zero-order chi connectivity index (χ0) is 17.1. The molecular weight excluding hydrogens is 335 g/mol. The number of hydrogen-bond acceptors (Lipinski definition) is 6. The number of anilines is 2. The number of hydrogen-bond donors (Lipinski definition) is 2. The lowest BCUT2D eigenvalue weighted by Crippen LogP contribution is -2.02. The van der Waals surface area contributed by atoms with Gasteiger partial charge in [0.2, 0.25) is 0 Å². The Morgan fingerprint density at radius 3 is 2.83 bits per heavy atom. The lowest BCUT2D eigenvalue weighted by atomic mass is 10.2. The first-order chi connectivity index (χ1) is 11.6. The number of pyridine rings is 1. The number of nitrogens with zero attached hydrogens (tertiary/aromatic N) is 3. The Hall–Kier alpha value is -2.93. The predicted molar refractivity (Wildman–Crippen MR) is 88.2 cm³/mol. The summed E-state index contributed by atoms with van der Waals surface area (Å²) in [4.78, 5) is 12.2. The third-order valence-corrected chi connectivity index (χ3v) is 3.43. The Morgan fingerprint density at radius 1 is 1.25 bits per heavy atom. The maximum atomic E-state index is 14.0. The molecule has 2 heterocycles. The zero-order valence-corrected chi connectivity index (χ0v) is 13.3. The first kappa shape index (κ1) is 15.9. The minimum absolute atomic E-state index is 0.0614. The number of benzene rings is 1. The molecule has 6 nitrogen and oxygen atoms in total. The van der Waals surface area contributed by atoms with E-state index in [1.54, 1.807) is 6.07 Å². The van der Waals surface area contributed by atoms with Gasteiger partial charge in [-0.05, 0) is 24.3 Å². The molecule has 24 heavy (non-hydrogen) atoms. The summed E-state index contributed by atoms with van der Waals surface area (Å²) >= 11 is 5.91. The van der Waals surface area contributed by atoms with Gasteiger partial charge in [0.1, 0.15) is 5.82 Å². The van der Waals surface area contributed by atoms with Crippen molar-refractivity contribution in [3.63, 3.8) is 0 Å². The van der Waals surface area contributed by atoms with E-state index in [0.717, 1.165) is 0 Å². The smallest absolute Gasteiger partial charge is 0.179 e. The molecule has 1 aromatic carbocycles. The van der Waals surface area contributed by atoms with Crippen LogP contribution in [0.25, 0.3) is 11.4 Å². The summed E-state index contributed by atoms with van der Waals surface area (Å²) in [6.45, 7) is 0. The Kier molecular flexibility index (Phi) is 4.43. The fourth-order valence-electron chi connectivity index (χ4n) is 2.03. The molecule has 0 aliphatic rings. The van der Waals surface area contributed by atoms with Gasteiger partial charge in [-0.2, -0.15) is 0 Å². The molecule has 2 aromatic heterocycles. The summed E-state index contributed by atoms with van der Waals surface area (Å²) in [5, 5.41) is 13.1. The van der Waals surface area contributed by atoms with Gasteiger partial charge in [0, 0.05) is 11.2 Å². The number of rotatable bonds is 4. The standard InChI is InChI=1S/C16H12ClFN4O2/c1-24-14-8-20-15(10-6-9(17)2-3-11(10)18)22-16(14)21-12-4-5-19-7-13(12)23/h2-8,23H,1H3,(H,19,20,21,22). The highest BCUT2D eigenvalue weighted by Gasteiger charge is 2.14. The second kappa shape index (κ2) is 6.67. The molecule has 0 aliphatic heterocycles. The molecule has 0 unspecified atom stereocenters. The van der Waals surface area contributed by atoms with Crippen LogP contribution in [-0.4, -0.2) is 27.2 Å². The zero-order valence-electron chi connectivity index (χ0n) is 12.5. The quantitative estimate of drug-likeness (QED) is 0.748. The van der Waals surface area contributed by atoms with E-state index in [0.29, 0.717) is 16.5 Å². The maximum Gasteiger partial charge on any atom is 0.179 e. The number of methoxy groups -OCH3 is 1. The van der Waals surface area contributed by atoms with Crippen LogP contribution in [0.3, 0.4) is 0 Å². The second-order valence-electron chi connectivity index (χ2n) is 4.75. The van der Waals surface area contributed by atoms with Crippen LogP contribution < -0.4 is 10.1 Å². The van der Waals surface area contributed by atoms with Crippen molar-refractivity contribution in [2.24, 2.45) is 0 Å². The molecule has 8 heteroatoms. The maximum absolute atomic E-state index is 14.0. The van der Waals surface area contributed by atoms with Crippen molar-refractivity contribution in [3.05, 3.63) is 53.7 Å². The highest BCUT2D eigenvalue weighted by Crippen LogP contribution is 2.32. The minimum atomic E-state index is -0.498. The fraction of sp³-hybridized carbons (Fsp3) is 0.0625. The second-order valence-corrected chi connectivity index (χ2v) is 5.19. The van der Waals surface area contributed by atoms with E-state index >= 15 is 0 Å². The van der Waals surface area contributed by atoms with Gasteiger partial charge in [0.05, 0.1) is 30.8 Å². The largest absolute Gasteiger partial charge is 0.504 e. The van der Waals surface area contributed by atoms with Crippen molar-refractivity contribution in [1.82, 2.24) is 15.0 Å². The van der Waals surface area contributed by atoms with E-state index in [1.165, 1.54) is 43.9 Å². The van der Waals surface area contributed by atoms with Crippen molar-refractivity contribution >= 4 is 23.1 Å². The molecule has 0 aliphatic carbocycles. The van der Waals surface area contributed by atoms with Crippen LogP contribution in [0, 0.1) is 5.82 Å². The average Bonchev–Trinajstić information content (AvgIpc) is 2.59. The molecule has 0 atom stereocenters. The summed E-state index contributed by atoms with van der Waals surface area (Å²) in [7, 11) is 1.45. The van der Waals surface area contributed by atoms with E-state index in [-0.39, 0.29) is 23.0 Å². The van der Waals surface area contributed by atoms with Gasteiger partial charge >= 0.3 is 0 Å². The van der Waals surface area contributed by atoms with E-state index in [1.807, 2.05) is 0 Å². The lowest BCUT2D eigenvalue weighted by molar-refractivity contribution is 0.413. The minimum Gasteiger partial charge on any atom is -0.504 e. The summed E-state index contributed by atoms with van der Waals surface area (Å²) in [5.41, 5.74) is 0.534. The molecule has 0 saturated heterocycles. The molecule has 122 valence electrons. The Morgan fingerprint density at radius 2 is 2.08 bits per heavy atom. The summed E-state index contributed by atoms with van der Waals surface area (Å²) in [6, 6.07) is 5.69. The molecule has 0 spiro atoms. The molecule has 3 rings (SSSR count). The predicted octanol–water partition coefficient (Wildman–Crippen LogP) is 3.79.